The van der Waals surface area contributed by atoms with Gasteiger partial charge in [0.05, 0.1) is 11.6 Å². The smallest absolute Gasteiger partial charge is 0.276 e. The molecule has 0 heterocycles. The van der Waals surface area contributed by atoms with Gasteiger partial charge in [-0.2, -0.15) is 5.26 Å². The van der Waals surface area contributed by atoms with E-state index in [0.717, 1.165) is 12.1 Å². The predicted molar refractivity (Wildman–Crippen MR) is 78.7 cm³/mol. The maximum atomic E-state index is 12.7. The largest absolute Gasteiger partial charge is 0.484 e. The molecule has 0 atom stereocenters. The topological polar surface area (TPSA) is 91.2 Å². The van der Waals surface area contributed by atoms with Gasteiger partial charge in [-0.05, 0) is 48.5 Å². The number of hydrogen-bond donors (Lipinski definition) is 2. The van der Waals surface area contributed by atoms with E-state index in [4.69, 9.17) is 10.00 Å². The second kappa shape index (κ2) is 7.56. The van der Waals surface area contributed by atoms with Crippen LogP contribution in [0.1, 0.15) is 15.9 Å². The number of carbonyl (C=O) groups is 2. The van der Waals surface area contributed by atoms with Gasteiger partial charge in [0.1, 0.15) is 11.6 Å². The van der Waals surface area contributed by atoms with Crippen molar-refractivity contribution in [2.45, 2.75) is 0 Å². The lowest BCUT2D eigenvalue weighted by Crippen LogP contribution is -2.43. The van der Waals surface area contributed by atoms with E-state index in [2.05, 4.69) is 10.9 Å². The lowest BCUT2D eigenvalue weighted by Gasteiger charge is -2.09. The number of ether oxygens (including phenoxy) is 1. The van der Waals surface area contributed by atoms with Crippen LogP contribution in [-0.4, -0.2) is 18.4 Å². The fourth-order valence-corrected chi connectivity index (χ4v) is 1.61. The molecular formula is C16H12FN3O3. The van der Waals surface area contributed by atoms with Crippen molar-refractivity contribution in [1.82, 2.24) is 10.9 Å². The highest BCUT2D eigenvalue weighted by Crippen LogP contribution is 2.11. The monoisotopic (exact) mass is 313 g/mol. The Hall–Kier alpha value is -3.40. The normalized spacial score (nSPS) is 9.57. The van der Waals surface area contributed by atoms with Crippen molar-refractivity contribution in [2.24, 2.45) is 0 Å². The zero-order valence-electron chi connectivity index (χ0n) is 11.9. The molecule has 23 heavy (non-hydrogen) atoms. The average Bonchev–Trinajstić information content (AvgIpc) is 2.59. The number of nitrogens with zero attached hydrogens (tertiary/aromatic N) is 1. The minimum Gasteiger partial charge on any atom is -0.484 e. The maximum Gasteiger partial charge on any atom is 0.276 e. The highest BCUT2D eigenvalue weighted by Gasteiger charge is 2.08. The van der Waals surface area contributed by atoms with E-state index in [9.17, 15) is 14.0 Å². The van der Waals surface area contributed by atoms with Crippen molar-refractivity contribution in [3.63, 3.8) is 0 Å². The summed E-state index contributed by atoms with van der Waals surface area (Å²) in [5.41, 5.74) is 5.06. The summed E-state index contributed by atoms with van der Waals surface area (Å²) in [5.74, 6) is -1.17. The Morgan fingerprint density at radius 3 is 2.30 bits per heavy atom. The van der Waals surface area contributed by atoms with Crippen molar-refractivity contribution >= 4 is 11.8 Å². The van der Waals surface area contributed by atoms with Crippen LogP contribution >= 0.6 is 0 Å². The van der Waals surface area contributed by atoms with Gasteiger partial charge < -0.3 is 4.74 Å². The molecule has 0 bridgehead atoms. The molecule has 0 aliphatic heterocycles. The summed E-state index contributed by atoms with van der Waals surface area (Å²) in [4.78, 5) is 23.3. The number of halogens is 1. The van der Waals surface area contributed by atoms with Crippen molar-refractivity contribution in [3.8, 4) is 11.8 Å². The summed E-state index contributed by atoms with van der Waals surface area (Å²) in [5, 5.41) is 8.66. The molecule has 0 unspecified atom stereocenters. The van der Waals surface area contributed by atoms with Crippen LogP contribution in [-0.2, 0) is 4.79 Å². The Labute approximate surface area is 131 Å². The van der Waals surface area contributed by atoms with Crippen molar-refractivity contribution in [2.75, 3.05) is 6.61 Å². The van der Waals surface area contributed by atoms with E-state index in [1.165, 1.54) is 12.1 Å². The lowest BCUT2D eigenvalue weighted by atomic mass is 10.2. The minimum absolute atomic E-state index is 0.208. The zero-order valence-corrected chi connectivity index (χ0v) is 11.9. The summed E-state index contributed by atoms with van der Waals surface area (Å²) >= 11 is 0. The maximum absolute atomic E-state index is 12.7. The molecule has 0 aromatic heterocycles. The van der Waals surface area contributed by atoms with E-state index in [0.29, 0.717) is 11.3 Å². The summed E-state index contributed by atoms with van der Waals surface area (Å²) in [6, 6.07) is 13.1. The first-order valence-electron chi connectivity index (χ1n) is 6.56. The molecule has 0 radical (unpaired) electrons. The van der Waals surface area contributed by atoms with Gasteiger partial charge in [-0.3, -0.25) is 20.4 Å². The number of hydrazine groups is 1. The third-order valence-corrected chi connectivity index (χ3v) is 2.78. The molecule has 0 spiro atoms. The van der Waals surface area contributed by atoms with Gasteiger partial charge in [0.25, 0.3) is 11.8 Å². The molecule has 0 aliphatic carbocycles. The first kappa shape index (κ1) is 16.0. The second-order valence-electron chi connectivity index (χ2n) is 4.43. The van der Waals surface area contributed by atoms with Crippen molar-refractivity contribution in [1.29, 1.82) is 5.26 Å². The van der Waals surface area contributed by atoms with Crippen LogP contribution in [0, 0.1) is 17.1 Å². The molecule has 2 rings (SSSR count). The average molecular weight is 313 g/mol. The molecule has 0 saturated heterocycles. The van der Waals surface area contributed by atoms with Gasteiger partial charge in [0.15, 0.2) is 6.61 Å². The van der Waals surface area contributed by atoms with Gasteiger partial charge in [0.2, 0.25) is 0 Å². The second-order valence-corrected chi connectivity index (χ2v) is 4.43. The highest BCUT2D eigenvalue weighted by molar-refractivity contribution is 5.95. The Bertz CT molecular complexity index is 737. The molecule has 6 nitrogen and oxygen atoms in total. The summed E-state index contributed by atoms with van der Waals surface area (Å²) in [6.07, 6.45) is 0. The van der Waals surface area contributed by atoms with Crippen LogP contribution in [0.5, 0.6) is 5.75 Å². The Kier molecular flexibility index (Phi) is 5.25. The molecule has 116 valence electrons. The van der Waals surface area contributed by atoms with Gasteiger partial charge in [-0.15, -0.1) is 0 Å². The van der Waals surface area contributed by atoms with E-state index in [1.54, 1.807) is 24.3 Å². The Morgan fingerprint density at radius 2 is 1.70 bits per heavy atom. The fourth-order valence-electron chi connectivity index (χ4n) is 1.61. The third-order valence-electron chi connectivity index (χ3n) is 2.78. The molecule has 2 aromatic rings. The molecule has 0 aliphatic rings. The van der Waals surface area contributed by atoms with Gasteiger partial charge >= 0.3 is 0 Å². The van der Waals surface area contributed by atoms with Crippen LogP contribution < -0.4 is 15.6 Å². The summed E-state index contributed by atoms with van der Waals surface area (Å²) in [6.45, 7) is -0.310. The Balaban J connectivity index is 1.77. The van der Waals surface area contributed by atoms with Crippen molar-refractivity contribution < 1.29 is 18.7 Å². The highest BCUT2D eigenvalue weighted by atomic mass is 19.1. The van der Waals surface area contributed by atoms with Crippen LogP contribution in [0.2, 0.25) is 0 Å². The molecule has 0 fully saturated rings. The van der Waals surface area contributed by atoms with Gasteiger partial charge in [0, 0.05) is 5.56 Å². The van der Waals surface area contributed by atoms with Crippen LogP contribution in [0.15, 0.2) is 48.5 Å². The standard InChI is InChI=1S/C16H12FN3O3/c17-13-5-3-12(4-6-13)16(22)20-19-15(21)10-23-14-7-1-11(9-18)2-8-14/h1-8H,10H2,(H,19,21)(H,20,22). The van der Waals surface area contributed by atoms with E-state index in [-0.39, 0.29) is 12.2 Å². The number of nitrogens with one attached hydrogen (secondary N) is 2. The van der Waals surface area contributed by atoms with Crippen LogP contribution in [0.25, 0.3) is 0 Å². The number of rotatable bonds is 4. The molecule has 7 heteroatoms. The molecule has 2 N–H and O–H groups in total. The quantitative estimate of drug-likeness (QED) is 0.838. The number of carbonyl (C=O) groups excluding carboxylic acids is 2. The van der Waals surface area contributed by atoms with Crippen molar-refractivity contribution in [3.05, 3.63) is 65.5 Å². The number of benzene rings is 2. The number of amides is 2. The molecule has 0 saturated carbocycles. The van der Waals surface area contributed by atoms with E-state index >= 15 is 0 Å². The van der Waals surface area contributed by atoms with Gasteiger partial charge in [-0.25, -0.2) is 4.39 Å². The first-order valence-corrected chi connectivity index (χ1v) is 6.56. The van der Waals surface area contributed by atoms with Crippen LogP contribution in [0.3, 0.4) is 0 Å². The summed E-state index contributed by atoms with van der Waals surface area (Å²) in [7, 11) is 0. The predicted octanol–water partition coefficient (Wildman–Crippen LogP) is 1.54. The third kappa shape index (κ3) is 4.82. The first-order chi connectivity index (χ1) is 11.1. The Morgan fingerprint density at radius 1 is 1.04 bits per heavy atom. The molecule has 2 amide bonds. The minimum atomic E-state index is -0.572. The fraction of sp³-hybridized carbons (Fsp3) is 0.0625. The van der Waals surface area contributed by atoms with E-state index < -0.39 is 17.6 Å². The summed E-state index contributed by atoms with van der Waals surface area (Å²) < 4.78 is 17.9. The van der Waals surface area contributed by atoms with E-state index in [1.807, 2.05) is 6.07 Å². The zero-order chi connectivity index (χ0) is 16.7. The number of hydrogen-bond acceptors (Lipinski definition) is 4. The van der Waals surface area contributed by atoms with Gasteiger partial charge in [-0.1, -0.05) is 0 Å². The molecule has 2 aromatic carbocycles. The lowest BCUT2D eigenvalue weighted by molar-refractivity contribution is -0.123. The SMILES string of the molecule is N#Cc1ccc(OCC(=O)NNC(=O)c2ccc(F)cc2)cc1. The number of nitriles is 1. The van der Waals surface area contributed by atoms with Crippen LogP contribution in [0.4, 0.5) is 4.39 Å². The molecular weight excluding hydrogens is 301 g/mol.